The van der Waals surface area contributed by atoms with E-state index in [1.165, 1.54) is 25.7 Å². The molecule has 0 heterocycles. The van der Waals surface area contributed by atoms with Crippen molar-refractivity contribution in [1.29, 1.82) is 0 Å². The zero-order chi connectivity index (χ0) is 13.1. The molecule has 4 heteroatoms. The number of carbonyl (C=O) groups excluding carboxylic acids is 1. The predicted octanol–water partition coefficient (Wildman–Crippen LogP) is 3.14. The zero-order valence-electron chi connectivity index (χ0n) is 10.7. The van der Waals surface area contributed by atoms with Crippen LogP contribution >= 0.6 is 22.6 Å². The van der Waals surface area contributed by atoms with Crippen LogP contribution in [0, 0.1) is 9.49 Å². The molecule has 0 atom stereocenters. The molecule has 2 rings (SSSR count). The quantitative estimate of drug-likeness (QED) is 0.667. The molecule has 0 aromatic heterocycles. The standard InChI is InChI=1S/C14H19IN2O/c1-17(9-10-4-2-3-5-10)14(18)11-6-7-13(16)12(15)8-11/h6-8,10H,2-5,9,16H2,1H3. The smallest absolute Gasteiger partial charge is 0.253 e. The largest absolute Gasteiger partial charge is 0.398 e. The van der Waals surface area contributed by atoms with Gasteiger partial charge in [-0.25, -0.2) is 0 Å². The van der Waals surface area contributed by atoms with Gasteiger partial charge in [-0.3, -0.25) is 4.79 Å². The lowest BCUT2D eigenvalue weighted by Gasteiger charge is -2.21. The van der Waals surface area contributed by atoms with Crippen LogP contribution in [0.1, 0.15) is 36.0 Å². The van der Waals surface area contributed by atoms with Crippen molar-refractivity contribution >= 4 is 34.2 Å². The van der Waals surface area contributed by atoms with Crippen LogP contribution in [0.5, 0.6) is 0 Å². The number of nitrogens with zero attached hydrogens (tertiary/aromatic N) is 1. The lowest BCUT2D eigenvalue weighted by atomic mass is 10.1. The highest BCUT2D eigenvalue weighted by atomic mass is 127. The molecule has 0 aliphatic heterocycles. The first kappa shape index (κ1) is 13.6. The van der Waals surface area contributed by atoms with Gasteiger partial charge >= 0.3 is 0 Å². The summed E-state index contributed by atoms with van der Waals surface area (Å²) in [6, 6.07) is 5.48. The number of hydrogen-bond acceptors (Lipinski definition) is 2. The van der Waals surface area contributed by atoms with Gasteiger partial charge in [0.1, 0.15) is 0 Å². The number of amides is 1. The van der Waals surface area contributed by atoms with E-state index in [4.69, 9.17) is 5.73 Å². The summed E-state index contributed by atoms with van der Waals surface area (Å²) in [5, 5.41) is 0. The molecule has 0 bridgehead atoms. The Balaban J connectivity index is 2.02. The number of nitrogens with two attached hydrogens (primary N) is 1. The highest BCUT2D eigenvalue weighted by Gasteiger charge is 2.20. The summed E-state index contributed by atoms with van der Waals surface area (Å²) in [7, 11) is 1.89. The van der Waals surface area contributed by atoms with E-state index in [1.54, 1.807) is 6.07 Å². The van der Waals surface area contributed by atoms with Gasteiger partial charge in [0.2, 0.25) is 0 Å². The van der Waals surface area contributed by atoms with Gasteiger partial charge in [-0.15, -0.1) is 0 Å². The minimum atomic E-state index is 0.0971. The molecule has 1 aromatic rings. The summed E-state index contributed by atoms with van der Waals surface area (Å²) < 4.78 is 0.938. The van der Waals surface area contributed by atoms with Crippen LogP contribution in [0.4, 0.5) is 5.69 Å². The van der Waals surface area contributed by atoms with Crippen molar-refractivity contribution in [3.63, 3.8) is 0 Å². The Kier molecular flexibility index (Phi) is 4.48. The second-order valence-corrected chi connectivity index (χ2v) is 6.23. The Morgan fingerprint density at radius 1 is 1.44 bits per heavy atom. The Morgan fingerprint density at radius 2 is 2.11 bits per heavy atom. The molecular weight excluding hydrogens is 339 g/mol. The number of halogens is 1. The number of hydrogen-bond donors (Lipinski definition) is 1. The average molecular weight is 358 g/mol. The molecule has 1 amide bonds. The first-order chi connectivity index (χ1) is 8.58. The minimum Gasteiger partial charge on any atom is -0.398 e. The summed E-state index contributed by atoms with van der Waals surface area (Å²) in [5.41, 5.74) is 7.22. The number of nitrogen functional groups attached to an aromatic ring is 1. The van der Waals surface area contributed by atoms with E-state index >= 15 is 0 Å². The fourth-order valence-corrected chi connectivity index (χ4v) is 3.06. The van der Waals surface area contributed by atoms with Crippen molar-refractivity contribution in [1.82, 2.24) is 4.90 Å². The molecule has 0 saturated heterocycles. The van der Waals surface area contributed by atoms with Gasteiger partial charge in [-0.2, -0.15) is 0 Å². The van der Waals surface area contributed by atoms with Crippen molar-refractivity contribution < 1.29 is 4.79 Å². The lowest BCUT2D eigenvalue weighted by molar-refractivity contribution is 0.0773. The van der Waals surface area contributed by atoms with Gasteiger partial charge in [0.05, 0.1) is 0 Å². The minimum absolute atomic E-state index is 0.0971. The molecule has 0 unspecified atom stereocenters. The van der Waals surface area contributed by atoms with Gasteiger partial charge in [-0.1, -0.05) is 12.8 Å². The van der Waals surface area contributed by atoms with Gasteiger partial charge < -0.3 is 10.6 Å². The second kappa shape index (κ2) is 5.91. The van der Waals surface area contributed by atoms with Gasteiger partial charge in [0.15, 0.2) is 0 Å². The van der Waals surface area contributed by atoms with E-state index in [2.05, 4.69) is 22.6 Å². The maximum Gasteiger partial charge on any atom is 0.253 e. The summed E-state index contributed by atoms with van der Waals surface area (Å²) >= 11 is 2.16. The number of rotatable bonds is 3. The highest BCUT2D eigenvalue weighted by Crippen LogP contribution is 2.25. The average Bonchev–Trinajstić information content (AvgIpc) is 2.84. The van der Waals surface area contributed by atoms with Crippen LogP contribution in [0.2, 0.25) is 0 Å². The second-order valence-electron chi connectivity index (χ2n) is 5.07. The van der Waals surface area contributed by atoms with E-state index in [1.807, 2.05) is 24.1 Å². The zero-order valence-corrected chi connectivity index (χ0v) is 12.8. The van der Waals surface area contributed by atoms with E-state index in [0.717, 1.165) is 21.4 Å². The van der Waals surface area contributed by atoms with E-state index < -0.39 is 0 Å². The normalized spacial score (nSPS) is 15.9. The van der Waals surface area contributed by atoms with Crippen molar-refractivity contribution in [2.45, 2.75) is 25.7 Å². The van der Waals surface area contributed by atoms with Crippen LogP contribution in [0.25, 0.3) is 0 Å². The Hall–Kier alpha value is -0.780. The van der Waals surface area contributed by atoms with Crippen molar-refractivity contribution in [2.24, 2.45) is 5.92 Å². The molecule has 0 radical (unpaired) electrons. The number of carbonyl (C=O) groups is 1. The molecule has 1 fully saturated rings. The molecule has 3 nitrogen and oxygen atoms in total. The molecule has 2 N–H and O–H groups in total. The van der Waals surface area contributed by atoms with Gasteiger partial charge in [0, 0.05) is 28.4 Å². The predicted molar refractivity (Wildman–Crippen MR) is 82.5 cm³/mol. The van der Waals surface area contributed by atoms with E-state index in [9.17, 15) is 4.79 Å². The van der Waals surface area contributed by atoms with Crippen molar-refractivity contribution in [3.05, 3.63) is 27.3 Å². The van der Waals surface area contributed by atoms with Crippen LogP contribution in [0.15, 0.2) is 18.2 Å². The third-order valence-electron chi connectivity index (χ3n) is 3.60. The topological polar surface area (TPSA) is 46.3 Å². The van der Waals surface area contributed by atoms with Crippen molar-refractivity contribution in [3.8, 4) is 0 Å². The summed E-state index contributed by atoms with van der Waals surface area (Å²) in [5.74, 6) is 0.784. The number of benzene rings is 1. The SMILES string of the molecule is CN(CC1CCCC1)C(=O)c1ccc(N)c(I)c1. The Bertz CT molecular complexity index is 441. The lowest BCUT2D eigenvalue weighted by Crippen LogP contribution is -2.31. The summed E-state index contributed by atoms with van der Waals surface area (Å²) in [6.07, 6.45) is 5.15. The monoisotopic (exact) mass is 358 g/mol. The van der Waals surface area contributed by atoms with Crippen LogP contribution in [-0.4, -0.2) is 24.4 Å². The number of anilines is 1. The summed E-state index contributed by atoms with van der Waals surface area (Å²) in [6.45, 7) is 0.875. The molecule has 1 aliphatic carbocycles. The Labute approximate surface area is 122 Å². The van der Waals surface area contributed by atoms with Crippen molar-refractivity contribution in [2.75, 3.05) is 19.3 Å². The molecule has 0 spiro atoms. The summed E-state index contributed by atoms with van der Waals surface area (Å²) in [4.78, 5) is 14.1. The highest BCUT2D eigenvalue weighted by molar-refractivity contribution is 14.1. The Morgan fingerprint density at radius 3 is 2.72 bits per heavy atom. The first-order valence-corrected chi connectivity index (χ1v) is 7.46. The maximum absolute atomic E-state index is 12.3. The van der Waals surface area contributed by atoms with Gasteiger partial charge in [-0.05, 0) is 59.5 Å². The van der Waals surface area contributed by atoms with Crippen LogP contribution in [0.3, 0.4) is 0 Å². The fraction of sp³-hybridized carbons (Fsp3) is 0.500. The molecule has 18 heavy (non-hydrogen) atoms. The molecule has 1 aliphatic rings. The van der Waals surface area contributed by atoms with E-state index in [-0.39, 0.29) is 5.91 Å². The molecule has 1 saturated carbocycles. The first-order valence-electron chi connectivity index (χ1n) is 6.38. The molecular formula is C14H19IN2O. The third kappa shape index (κ3) is 3.16. The maximum atomic E-state index is 12.3. The van der Waals surface area contributed by atoms with Crippen LogP contribution in [-0.2, 0) is 0 Å². The molecule has 98 valence electrons. The van der Waals surface area contributed by atoms with Crippen LogP contribution < -0.4 is 5.73 Å². The molecule has 1 aromatic carbocycles. The fourth-order valence-electron chi connectivity index (χ4n) is 2.54. The third-order valence-corrected chi connectivity index (χ3v) is 4.54. The van der Waals surface area contributed by atoms with E-state index in [0.29, 0.717) is 5.92 Å². The van der Waals surface area contributed by atoms with Gasteiger partial charge in [0.25, 0.3) is 5.91 Å².